The summed E-state index contributed by atoms with van der Waals surface area (Å²) in [5.41, 5.74) is 3.14. The molecule has 5 heteroatoms. The van der Waals surface area contributed by atoms with Crippen molar-refractivity contribution in [1.82, 2.24) is 15.3 Å². The third-order valence-electron chi connectivity index (χ3n) is 3.11. The lowest BCUT2D eigenvalue weighted by Crippen LogP contribution is -2.23. The molecule has 102 valence electrons. The summed E-state index contributed by atoms with van der Waals surface area (Å²) >= 11 is 1.66. The molecule has 2 aromatic heterocycles. The highest BCUT2D eigenvalue weighted by molar-refractivity contribution is 7.07. The molecule has 0 aliphatic heterocycles. The molecule has 2 heterocycles. The number of nitrogens with one attached hydrogen (secondary N) is 2. The molecular formula is C15H15N3OS. The number of aryl methyl sites for hydroxylation is 1. The van der Waals surface area contributed by atoms with Crippen LogP contribution in [-0.4, -0.2) is 15.9 Å². The first-order valence-electron chi connectivity index (χ1n) is 6.52. The molecule has 1 amide bonds. The molecule has 0 spiro atoms. The Morgan fingerprint density at radius 2 is 2.20 bits per heavy atom. The number of rotatable bonds is 5. The molecule has 3 aromatic rings. The van der Waals surface area contributed by atoms with E-state index in [-0.39, 0.29) is 5.91 Å². The molecule has 20 heavy (non-hydrogen) atoms. The maximum atomic E-state index is 11.8. The fourth-order valence-electron chi connectivity index (χ4n) is 2.05. The van der Waals surface area contributed by atoms with Gasteiger partial charge in [0.2, 0.25) is 5.91 Å². The molecule has 0 fully saturated rings. The van der Waals surface area contributed by atoms with Crippen LogP contribution in [0.1, 0.15) is 17.8 Å². The van der Waals surface area contributed by atoms with Gasteiger partial charge in [0, 0.05) is 6.42 Å². The quantitative estimate of drug-likeness (QED) is 0.757. The second-order valence-electron chi connectivity index (χ2n) is 4.61. The van der Waals surface area contributed by atoms with E-state index in [4.69, 9.17) is 0 Å². The third kappa shape index (κ3) is 3.05. The number of aromatic nitrogens is 2. The monoisotopic (exact) mass is 285 g/mol. The molecule has 0 unspecified atom stereocenters. The van der Waals surface area contributed by atoms with Crippen LogP contribution in [0.25, 0.3) is 11.0 Å². The average molecular weight is 285 g/mol. The van der Waals surface area contributed by atoms with Gasteiger partial charge in [0.05, 0.1) is 17.6 Å². The predicted octanol–water partition coefficient (Wildman–Crippen LogP) is 2.87. The van der Waals surface area contributed by atoms with Gasteiger partial charge in [0.25, 0.3) is 0 Å². The standard InChI is InChI=1S/C15H15N3OS/c19-15(6-5-11-7-8-20-10-11)16-9-14-17-12-3-1-2-4-13(12)18-14/h1-4,7-8,10H,5-6,9H2,(H,16,19)(H,17,18). The number of hydrogen-bond donors (Lipinski definition) is 2. The summed E-state index contributed by atoms with van der Waals surface area (Å²) in [6.45, 7) is 0.442. The lowest BCUT2D eigenvalue weighted by Gasteiger charge is -2.02. The van der Waals surface area contributed by atoms with Crippen LogP contribution < -0.4 is 5.32 Å². The van der Waals surface area contributed by atoms with Gasteiger partial charge in [-0.25, -0.2) is 4.98 Å². The predicted molar refractivity (Wildman–Crippen MR) is 80.6 cm³/mol. The number of benzene rings is 1. The van der Waals surface area contributed by atoms with Crippen molar-refractivity contribution in [3.8, 4) is 0 Å². The zero-order valence-corrected chi connectivity index (χ0v) is 11.7. The number of hydrogen-bond acceptors (Lipinski definition) is 3. The van der Waals surface area contributed by atoms with Gasteiger partial charge in [-0.2, -0.15) is 11.3 Å². The van der Waals surface area contributed by atoms with Gasteiger partial charge in [-0.3, -0.25) is 4.79 Å². The fourth-order valence-corrected chi connectivity index (χ4v) is 2.76. The van der Waals surface area contributed by atoms with Gasteiger partial charge < -0.3 is 10.3 Å². The van der Waals surface area contributed by atoms with E-state index >= 15 is 0 Å². The van der Waals surface area contributed by atoms with Crippen LogP contribution in [0.3, 0.4) is 0 Å². The summed E-state index contributed by atoms with van der Waals surface area (Å²) in [6, 6.07) is 9.89. The third-order valence-corrected chi connectivity index (χ3v) is 3.84. The van der Waals surface area contributed by atoms with Gasteiger partial charge in [-0.15, -0.1) is 0 Å². The number of H-pyrrole nitrogens is 1. The first-order valence-corrected chi connectivity index (χ1v) is 7.47. The van der Waals surface area contributed by atoms with E-state index in [2.05, 4.69) is 26.7 Å². The van der Waals surface area contributed by atoms with Gasteiger partial charge >= 0.3 is 0 Å². The Bertz CT molecular complexity index is 670. The van der Waals surface area contributed by atoms with E-state index in [1.807, 2.05) is 29.6 Å². The number of fused-ring (bicyclic) bond motifs is 1. The number of nitrogens with zero attached hydrogens (tertiary/aromatic N) is 1. The normalized spacial score (nSPS) is 10.8. The number of para-hydroxylation sites is 2. The minimum absolute atomic E-state index is 0.0525. The SMILES string of the molecule is O=C(CCc1ccsc1)NCc1nc2ccccc2[nH]1. The van der Waals surface area contributed by atoms with Gasteiger partial charge in [0.1, 0.15) is 5.82 Å². The highest BCUT2D eigenvalue weighted by atomic mass is 32.1. The van der Waals surface area contributed by atoms with Gasteiger partial charge in [-0.1, -0.05) is 12.1 Å². The minimum Gasteiger partial charge on any atom is -0.349 e. The van der Waals surface area contributed by atoms with Crippen LogP contribution in [0.15, 0.2) is 41.1 Å². The number of amides is 1. The molecule has 1 aromatic carbocycles. The highest BCUT2D eigenvalue weighted by Gasteiger charge is 2.05. The van der Waals surface area contributed by atoms with Crippen molar-refractivity contribution in [2.45, 2.75) is 19.4 Å². The van der Waals surface area contributed by atoms with E-state index in [1.165, 1.54) is 5.56 Å². The van der Waals surface area contributed by atoms with E-state index in [9.17, 15) is 4.79 Å². The molecule has 2 N–H and O–H groups in total. The number of carbonyl (C=O) groups is 1. The summed E-state index contributed by atoms with van der Waals surface area (Å²) in [4.78, 5) is 19.4. The summed E-state index contributed by atoms with van der Waals surface area (Å²) < 4.78 is 0. The number of carbonyl (C=O) groups excluding carboxylic acids is 1. The van der Waals surface area contributed by atoms with Crippen LogP contribution in [0.5, 0.6) is 0 Å². The van der Waals surface area contributed by atoms with Crippen LogP contribution in [0.4, 0.5) is 0 Å². The van der Waals surface area contributed by atoms with Crippen molar-refractivity contribution >= 4 is 28.3 Å². The molecule has 0 saturated heterocycles. The molecule has 0 aliphatic carbocycles. The molecule has 0 atom stereocenters. The van der Waals surface area contributed by atoms with Crippen molar-refractivity contribution < 1.29 is 4.79 Å². The summed E-state index contributed by atoms with van der Waals surface area (Å²) in [5.74, 6) is 0.840. The molecule has 0 saturated carbocycles. The number of thiophene rings is 1. The van der Waals surface area contributed by atoms with Crippen molar-refractivity contribution in [2.24, 2.45) is 0 Å². The largest absolute Gasteiger partial charge is 0.349 e. The van der Waals surface area contributed by atoms with E-state index < -0.39 is 0 Å². The maximum Gasteiger partial charge on any atom is 0.220 e. The Labute approximate surface area is 120 Å². The molecule has 0 aliphatic rings. The van der Waals surface area contributed by atoms with E-state index in [0.29, 0.717) is 13.0 Å². The Hall–Kier alpha value is -2.14. The maximum absolute atomic E-state index is 11.8. The van der Waals surface area contributed by atoms with Gasteiger partial charge in [0.15, 0.2) is 0 Å². The summed E-state index contributed by atoms with van der Waals surface area (Å²) in [7, 11) is 0. The topological polar surface area (TPSA) is 57.8 Å². The Morgan fingerprint density at radius 1 is 1.30 bits per heavy atom. The molecule has 0 bridgehead atoms. The van der Waals surface area contributed by atoms with E-state index in [0.717, 1.165) is 23.3 Å². The van der Waals surface area contributed by atoms with Crippen molar-refractivity contribution in [1.29, 1.82) is 0 Å². The van der Waals surface area contributed by atoms with Crippen LogP contribution in [0, 0.1) is 0 Å². The average Bonchev–Trinajstić information content (AvgIpc) is 3.11. The molecule has 4 nitrogen and oxygen atoms in total. The Morgan fingerprint density at radius 3 is 3.00 bits per heavy atom. The van der Waals surface area contributed by atoms with Crippen molar-refractivity contribution in [3.63, 3.8) is 0 Å². The van der Waals surface area contributed by atoms with Crippen molar-refractivity contribution in [2.75, 3.05) is 0 Å². The Kier molecular flexibility index (Phi) is 3.78. The van der Waals surface area contributed by atoms with Gasteiger partial charge in [-0.05, 0) is 40.9 Å². The number of imidazole rings is 1. The zero-order valence-electron chi connectivity index (χ0n) is 10.9. The lowest BCUT2D eigenvalue weighted by atomic mass is 10.2. The fraction of sp³-hybridized carbons (Fsp3) is 0.200. The van der Waals surface area contributed by atoms with Crippen LogP contribution in [-0.2, 0) is 17.8 Å². The summed E-state index contributed by atoms with van der Waals surface area (Å²) in [6.07, 6.45) is 1.30. The summed E-state index contributed by atoms with van der Waals surface area (Å²) in [5, 5.41) is 7.00. The second-order valence-corrected chi connectivity index (χ2v) is 5.39. The molecule has 3 rings (SSSR count). The number of aromatic amines is 1. The second kappa shape index (κ2) is 5.88. The highest BCUT2D eigenvalue weighted by Crippen LogP contribution is 2.10. The molecule has 0 radical (unpaired) electrons. The van der Waals surface area contributed by atoms with Crippen LogP contribution >= 0.6 is 11.3 Å². The van der Waals surface area contributed by atoms with Crippen molar-refractivity contribution in [3.05, 3.63) is 52.5 Å². The minimum atomic E-state index is 0.0525. The van der Waals surface area contributed by atoms with E-state index in [1.54, 1.807) is 11.3 Å². The first-order chi connectivity index (χ1) is 9.81. The smallest absolute Gasteiger partial charge is 0.220 e. The lowest BCUT2D eigenvalue weighted by molar-refractivity contribution is -0.121. The Balaban J connectivity index is 1.52. The zero-order chi connectivity index (χ0) is 13.8. The first kappa shape index (κ1) is 12.9. The molecular weight excluding hydrogens is 270 g/mol. The van der Waals surface area contributed by atoms with Crippen LogP contribution in [0.2, 0.25) is 0 Å².